The Bertz CT molecular complexity index is 1120. The van der Waals surface area contributed by atoms with E-state index in [0.717, 1.165) is 35.0 Å². The first-order valence-corrected chi connectivity index (χ1v) is 11.9. The summed E-state index contributed by atoms with van der Waals surface area (Å²) in [6.07, 6.45) is -2.20. The second-order valence-electron chi connectivity index (χ2n) is 8.05. The third-order valence-electron chi connectivity index (χ3n) is 5.71. The molecular formula is C21H23F3N6OS2. The second-order valence-corrected chi connectivity index (χ2v) is 9.40. The van der Waals surface area contributed by atoms with Gasteiger partial charge in [0.15, 0.2) is 5.82 Å². The van der Waals surface area contributed by atoms with Gasteiger partial charge in [-0.2, -0.15) is 18.0 Å². The molecule has 7 nitrogen and oxygen atoms in total. The zero-order valence-electron chi connectivity index (χ0n) is 17.9. The van der Waals surface area contributed by atoms with Crippen LogP contribution in [0.4, 0.5) is 13.2 Å². The van der Waals surface area contributed by atoms with Crippen LogP contribution in [0.1, 0.15) is 52.7 Å². The SMILES string of the molecule is Cc1nnn(Cc2cc(C(F)(F)F)ccc2CCC(=O)N2CCC(c3nc(S)cs3)CC2)n1. The van der Waals surface area contributed by atoms with Gasteiger partial charge in [0.05, 0.1) is 17.1 Å². The highest BCUT2D eigenvalue weighted by atomic mass is 32.1. The highest BCUT2D eigenvalue weighted by Gasteiger charge is 2.31. The number of amides is 1. The molecule has 0 saturated carbocycles. The number of thiazole rings is 1. The molecule has 1 aliphatic rings. The molecule has 2 aromatic heterocycles. The number of rotatable bonds is 6. The van der Waals surface area contributed by atoms with Crippen molar-refractivity contribution >= 4 is 29.9 Å². The van der Waals surface area contributed by atoms with Crippen molar-refractivity contribution < 1.29 is 18.0 Å². The van der Waals surface area contributed by atoms with Gasteiger partial charge in [-0.25, -0.2) is 4.98 Å². The van der Waals surface area contributed by atoms with Crippen molar-refractivity contribution in [3.63, 3.8) is 0 Å². The van der Waals surface area contributed by atoms with Crippen molar-refractivity contribution in [3.8, 4) is 0 Å². The number of carbonyl (C=O) groups is 1. The molecule has 1 amide bonds. The number of nitrogens with zero attached hydrogens (tertiary/aromatic N) is 6. The summed E-state index contributed by atoms with van der Waals surface area (Å²) in [5.41, 5.74) is 0.364. The molecule has 0 radical (unpaired) electrons. The number of piperidine rings is 1. The summed E-state index contributed by atoms with van der Waals surface area (Å²) in [6.45, 7) is 3.00. The zero-order chi connectivity index (χ0) is 23.6. The van der Waals surface area contributed by atoms with Crippen molar-refractivity contribution in [1.82, 2.24) is 30.1 Å². The predicted molar refractivity (Wildman–Crippen MR) is 119 cm³/mol. The summed E-state index contributed by atoms with van der Waals surface area (Å²) in [5.74, 6) is 0.772. The normalized spacial score (nSPS) is 15.2. The summed E-state index contributed by atoms with van der Waals surface area (Å²) in [5, 5.41) is 15.4. The number of aryl methyl sites for hydroxylation is 2. The molecule has 0 N–H and O–H groups in total. The van der Waals surface area contributed by atoms with Crippen LogP contribution in [0.5, 0.6) is 0 Å². The summed E-state index contributed by atoms with van der Waals surface area (Å²) in [4.78, 5) is 20.3. The maximum absolute atomic E-state index is 13.2. The minimum atomic E-state index is -4.45. The van der Waals surface area contributed by atoms with Crippen LogP contribution in [-0.4, -0.2) is 49.1 Å². The number of likely N-dealkylation sites (tertiary alicyclic amines) is 1. The number of tetrazole rings is 1. The van der Waals surface area contributed by atoms with Crippen LogP contribution in [0, 0.1) is 6.92 Å². The number of thiol groups is 1. The number of aromatic nitrogens is 5. The molecule has 1 saturated heterocycles. The largest absolute Gasteiger partial charge is 0.416 e. The van der Waals surface area contributed by atoms with Gasteiger partial charge in [-0.1, -0.05) is 6.07 Å². The van der Waals surface area contributed by atoms with Crippen molar-refractivity contribution in [3.05, 3.63) is 51.1 Å². The van der Waals surface area contributed by atoms with Gasteiger partial charge in [-0.3, -0.25) is 4.79 Å². The van der Waals surface area contributed by atoms with Gasteiger partial charge in [0.2, 0.25) is 5.91 Å². The molecule has 4 rings (SSSR count). The van der Waals surface area contributed by atoms with Crippen LogP contribution in [0.15, 0.2) is 28.6 Å². The van der Waals surface area contributed by atoms with Gasteiger partial charge in [0, 0.05) is 30.8 Å². The Morgan fingerprint density at radius 1 is 1.24 bits per heavy atom. The molecule has 1 aromatic carbocycles. The minimum Gasteiger partial charge on any atom is -0.343 e. The fourth-order valence-electron chi connectivity index (χ4n) is 3.98. The van der Waals surface area contributed by atoms with Crippen LogP contribution >= 0.6 is 24.0 Å². The number of hydrogen-bond donors (Lipinski definition) is 1. The number of hydrogen-bond acceptors (Lipinski definition) is 7. The Balaban J connectivity index is 1.40. The van der Waals surface area contributed by atoms with E-state index in [0.29, 0.717) is 42.4 Å². The van der Waals surface area contributed by atoms with Crippen LogP contribution < -0.4 is 0 Å². The van der Waals surface area contributed by atoms with E-state index in [2.05, 4.69) is 33.0 Å². The average Bonchev–Trinajstić information content (AvgIpc) is 3.40. The van der Waals surface area contributed by atoms with E-state index in [1.54, 1.807) is 18.3 Å². The number of benzene rings is 1. The highest BCUT2D eigenvalue weighted by molar-refractivity contribution is 7.80. The smallest absolute Gasteiger partial charge is 0.343 e. The molecule has 33 heavy (non-hydrogen) atoms. The summed E-state index contributed by atoms with van der Waals surface area (Å²) < 4.78 is 39.7. The molecule has 0 unspecified atom stereocenters. The standard InChI is InChI=1S/C21H23F3N6OS2/c1-13-26-28-30(27-13)11-16-10-17(21(22,23)24)4-2-14(16)3-5-19(31)29-8-6-15(7-9-29)20-25-18(32)12-33-20/h2,4,10,12,15,32H,3,5-9,11H2,1H3. The van der Waals surface area contributed by atoms with Crippen LogP contribution in [0.3, 0.4) is 0 Å². The van der Waals surface area contributed by atoms with Gasteiger partial charge in [-0.15, -0.1) is 34.2 Å². The van der Waals surface area contributed by atoms with E-state index in [1.807, 2.05) is 10.3 Å². The van der Waals surface area contributed by atoms with Crippen molar-refractivity contribution in [1.29, 1.82) is 0 Å². The van der Waals surface area contributed by atoms with E-state index in [9.17, 15) is 18.0 Å². The van der Waals surface area contributed by atoms with Gasteiger partial charge in [-0.05, 0) is 54.7 Å². The van der Waals surface area contributed by atoms with Gasteiger partial charge < -0.3 is 4.90 Å². The fourth-order valence-corrected chi connectivity index (χ4v) is 5.17. The number of carbonyl (C=O) groups excluding carboxylic acids is 1. The third kappa shape index (κ3) is 5.91. The Morgan fingerprint density at radius 3 is 2.61 bits per heavy atom. The molecule has 0 bridgehead atoms. The maximum Gasteiger partial charge on any atom is 0.416 e. The summed E-state index contributed by atoms with van der Waals surface area (Å²) >= 11 is 5.85. The first-order valence-electron chi connectivity index (χ1n) is 10.5. The topological polar surface area (TPSA) is 76.8 Å². The van der Waals surface area contributed by atoms with Crippen molar-refractivity contribution in [2.24, 2.45) is 0 Å². The lowest BCUT2D eigenvalue weighted by atomic mass is 9.96. The second kappa shape index (κ2) is 9.80. The van der Waals surface area contributed by atoms with Crippen molar-refractivity contribution in [2.45, 2.75) is 56.3 Å². The number of halogens is 3. The van der Waals surface area contributed by atoms with Crippen LogP contribution in [0.2, 0.25) is 0 Å². The molecule has 3 aromatic rings. The van der Waals surface area contributed by atoms with Crippen LogP contribution in [0.25, 0.3) is 0 Å². The lowest BCUT2D eigenvalue weighted by Crippen LogP contribution is -2.38. The summed E-state index contributed by atoms with van der Waals surface area (Å²) in [7, 11) is 0. The molecule has 0 spiro atoms. The highest BCUT2D eigenvalue weighted by Crippen LogP contribution is 2.32. The first kappa shape index (κ1) is 23.7. The lowest BCUT2D eigenvalue weighted by molar-refractivity contribution is -0.137. The maximum atomic E-state index is 13.2. The Hall–Kier alpha value is -2.47. The molecule has 12 heteroatoms. The molecule has 3 heterocycles. The summed E-state index contributed by atoms with van der Waals surface area (Å²) in [6, 6.07) is 3.60. The molecular weight excluding hydrogens is 473 g/mol. The van der Waals surface area contributed by atoms with E-state index in [-0.39, 0.29) is 18.9 Å². The Labute approximate surface area is 198 Å². The van der Waals surface area contributed by atoms with E-state index < -0.39 is 11.7 Å². The fraction of sp³-hybridized carbons (Fsp3) is 0.476. The third-order valence-corrected chi connectivity index (χ3v) is 7.12. The predicted octanol–water partition coefficient (Wildman–Crippen LogP) is 4.13. The molecule has 1 fully saturated rings. The van der Waals surface area contributed by atoms with E-state index >= 15 is 0 Å². The zero-order valence-corrected chi connectivity index (χ0v) is 19.6. The molecule has 176 valence electrons. The Morgan fingerprint density at radius 2 is 2.00 bits per heavy atom. The van der Waals surface area contributed by atoms with Crippen LogP contribution in [-0.2, 0) is 23.9 Å². The van der Waals surface area contributed by atoms with Crippen molar-refractivity contribution in [2.75, 3.05) is 13.1 Å². The lowest BCUT2D eigenvalue weighted by Gasteiger charge is -2.31. The van der Waals surface area contributed by atoms with Gasteiger partial charge in [0.25, 0.3) is 0 Å². The van der Waals surface area contributed by atoms with E-state index in [4.69, 9.17) is 0 Å². The average molecular weight is 497 g/mol. The Kier molecular flexibility index (Phi) is 7.03. The monoisotopic (exact) mass is 496 g/mol. The first-order chi connectivity index (χ1) is 15.7. The van der Waals surface area contributed by atoms with E-state index in [1.165, 1.54) is 10.9 Å². The van der Waals surface area contributed by atoms with Gasteiger partial charge >= 0.3 is 6.18 Å². The molecule has 0 atom stereocenters. The minimum absolute atomic E-state index is 0.00282. The quantitative estimate of drug-likeness (QED) is 0.520. The van der Waals surface area contributed by atoms with Gasteiger partial charge in [0.1, 0.15) is 5.03 Å². The number of alkyl halides is 3. The molecule has 1 aliphatic heterocycles. The molecule has 0 aliphatic carbocycles.